The van der Waals surface area contributed by atoms with Crippen molar-refractivity contribution >= 4 is 0 Å². The van der Waals surface area contributed by atoms with Gasteiger partial charge in [-0.3, -0.25) is 0 Å². The molecule has 2 aromatic carbocycles. The molecular weight excluding hydrogens is 246 g/mol. The van der Waals surface area contributed by atoms with Crippen molar-refractivity contribution < 1.29 is 13.9 Å². The first kappa shape index (κ1) is 13.7. The van der Waals surface area contributed by atoms with Crippen molar-refractivity contribution in [2.45, 2.75) is 19.4 Å². The van der Waals surface area contributed by atoms with Gasteiger partial charge in [0.25, 0.3) is 0 Å². The Labute approximate surface area is 111 Å². The molecule has 0 bridgehead atoms. The van der Waals surface area contributed by atoms with Crippen LogP contribution in [0.2, 0.25) is 0 Å². The summed E-state index contributed by atoms with van der Waals surface area (Å²) in [5.74, 6) is -1.45. The van der Waals surface area contributed by atoms with Crippen LogP contribution < -0.4 is 0 Å². The minimum absolute atomic E-state index is 0.0927. The normalized spacial score (nSPS) is 11.9. The Kier molecular flexibility index (Phi) is 3.67. The van der Waals surface area contributed by atoms with E-state index in [9.17, 15) is 13.9 Å². The summed E-state index contributed by atoms with van der Waals surface area (Å²) in [7, 11) is 0. The van der Waals surface area contributed by atoms with Crippen LogP contribution in [0.25, 0.3) is 0 Å². The Morgan fingerprint density at radius 1 is 0.842 bits per heavy atom. The van der Waals surface area contributed by atoms with Crippen LogP contribution in [0.4, 0.5) is 8.78 Å². The number of rotatable bonds is 3. The molecule has 0 spiro atoms. The Morgan fingerprint density at radius 3 is 1.53 bits per heavy atom. The summed E-state index contributed by atoms with van der Waals surface area (Å²) in [6, 6.07) is 11.9. The van der Waals surface area contributed by atoms with E-state index in [2.05, 4.69) is 0 Å². The van der Waals surface area contributed by atoms with Gasteiger partial charge in [0.05, 0.1) is 0 Å². The van der Waals surface area contributed by atoms with Crippen LogP contribution in [0.3, 0.4) is 0 Å². The standard InChI is InChI=1S/C16H16F2O/c1-11(2)16(19,12-7-3-5-9-14(12)17)13-8-4-6-10-15(13)18/h3-11,19H,1-2H3. The van der Waals surface area contributed by atoms with Crippen molar-refractivity contribution in [1.82, 2.24) is 0 Å². The summed E-state index contributed by atoms with van der Waals surface area (Å²) >= 11 is 0. The van der Waals surface area contributed by atoms with Gasteiger partial charge in [0.1, 0.15) is 17.2 Å². The van der Waals surface area contributed by atoms with E-state index in [1.165, 1.54) is 24.3 Å². The van der Waals surface area contributed by atoms with Crippen molar-refractivity contribution in [1.29, 1.82) is 0 Å². The Hall–Kier alpha value is -1.74. The van der Waals surface area contributed by atoms with Crippen molar-refractivity contribution in [3.05, 3.63) is 71.3 Å². The lowest BCUT2D eigenvalue weighted by atomic mass is 9.77. The predicted octanol–water partition coefficient (Wildman–Crippen LogP) is 3.86. The zero-order chi connectivity index (χ0) is 14.0. The quantitative estimate of drug-likeness (QED) is 0.890. The molecule has 0 saturated carbocycles. The molecule has 1 nitrogen and oxygen atoms in total. The molecule has 0 saturated heterocycles. The van der Waals surface area contributed by atoms with Gasteiger partial charge < -0.3 is 5.11 Å². The Bertz CT molecular complexity index is 533. The number of aliphatic hydroxyl groups is 1. The molecule has 3 heteroatoms. The molecule has 0 atom stereocenters. The van der Waals surface area contributed by atoms with Crippen LogP contribution in [0.15, 0.2) is 48.5 Å². The average Bonchev–Trinajstić information content (AvgIpc) is 2.38. The highest BCUT2D eigenvalue weighted by atomic mass is 19.1. The summed E-state index contributed by atoms with van der Waals surface area (Å²) < 4.78 is 28.0. The molecular formula is C16H16F2O. The smallest absolute Gasteiger partial charge is 0.129 e. The molecule has 0 amide bonds. The van der Waals surface area contributed by atoms with Crippen molar-refractivity contribution in [2.24, 2.45) is 5.92 Å². The van der Waals surface area contributed by atoms with Gasteiger partial charge in [0.15, 0.2) is 0 Å². The first-order valence-corrected chi connectivity index (χ1v) is 6.20. The van der Waals surface area contributed by atoms with E-state index in [4.69, 9.17) is 0 Å². The molecule has 0 aliphatic heterocycles. The van der Waals surface area contributed by atoms with Gasteiger partial charge in [-0.2, -0.15) is 0 Å². The van der Waals surface area contributed by atoms with Crippen LogP contribution >= 0.6 is 0 Å². The third-order valence-electron chi connectivity index (χ3n) is 3.40. The molecule has 19 heavy (non-hydrogen) atoms. The molecule has 0 aliphatic rings. The Morgan fingerprint density at radius 2 is 1.21 bits per heavy atom. The SMILES string of the molecule is CC(C)C(O)(c1ccccc1F)c1ccccc1F. The van der Waals surface area contributed by atoms with E-state index in [0.717, 1.165) is 0 Å². The van der Waals surface area contributed by atoms with Crippen LogP contribution in [0.5, 0.6) is 0 Å². The van der Waals surface area contributed by atoms with E-state index < -0.39 is 17.2 Å². The van der Waals surface area contributed by atoms with Crippen LogP contribution in [-0.4, -0.2) is 5.11 Å². The second-order valence-electron chi connectivity index (χ2n) is 4.88. The van der Waals surface area contributed by atoms with E-state index in [0.29, 0.717) is 0 Å². The average molecular weight is 262 g/mol. The van der Waals surface area contributed by atoms with Crippen molar-refractivity contribution in [2.75, 3.05) is 0 Å². The molecule has 2 aromatic rings. The van der Waals surface area contributed by atoms with Crippen LogP contribution in [-0.2, 0) is 5.60 Å². The lowest BCUT2D eigenvalue weighted by Crippen LogP contribution is -2.35. The summed E-state index contributed by atoms with van der Waals surface area (Å²) in [6.45, 7) is 3.47. The van der Waals surface area contributed by atoms with Gasteiger partial charge in [-0.05, 0) is 18.1 Å². The maximum atomic E-state index is 14.0. The van der Waals surface area contributed by atoms with Gasteiger partial charge in [0, 0.05) is 11.1 Å². The van der Waals surface area contributed by atoms with Crippen molar-refractivity contribution in [3.8, 4) is 0 Å². The van der Waals surface area contributed by atoms with Gasteiger partial charge in [0.2, 0.25) is 0 Å². The van der Waals surface area contributed by atoms with E-state index >= 15 is 0 Å². The maximum Gasteiger partial charge on any atom is 0.129 e. The minimum Gasteiger partial charge on any atom is -0.380 e. The number of benzene rings is 2. The lowest BCUT2D eigenvalue weighted by molar-refractivity contribution is 0.0249. The molecule has 0 aromatic heterocycles. The molecule has 0 unspecified atom stereocenters. The zero-order valence-electron chi connectivity index (χ0n) is 10.9. The molecule has 100 valence electrons. The fourth-order valence-corrected chi connectivity index (χ4v) is 2.31. The largest absolute Gasteiger partial charge is 0.380 e. The molecule has 2 rings (SSSR count). The van der Waals surface area contributed by atoms with Crippen molar-refractivity contribution in [3.63, 3.8) is 0 Å². The number of hydrogen-bond acceptors (Lipinski definition) is 1. The highest BCUT2D eigenvalue weighted by Gasteiger charge is 2.39. The van der Waals surface area contributed by atoms with Gasteiger partial charge in [-0.1, -0.05) is 50.2 Å². The topological polar surface area (TPSA) is 20.2 Å². The highest BCUT2D eigenvalue weighted by molar-refractivity contribution is 5.38. The van der Waals surface area contributed by atoms with E-state index in [1.54, 1.807) is 38.1 Å². The molecule has 0 fully saturated rings. The monoisotopic (exact) mass is 262 g/mol. The highest BCUT2D eigenvalue weighted by Crippen LogP contribution is 2.38. The fourth-order valence-electron chi connectivity index (χ4n) is 2.31. The second-order valence-corrected chi connectivity index (χ2v) is 4.88. The van der Waals surface area contributed by atoms with E-state index in [1.807, 2.05) is 0 Å². The van der Waals surface area contributed by atoms with E-state index in [-0.39, 0.29) is 17.0 Å². The first-order chi connectivity index (χ1) is 8.98. The first-order valence-electron chi connectivity index (χ1n) is 6.20. The summed E-state index contributed by atoms with van der Waals surface area (Å²) in [5.41, 5.74) is -1.50. The Balaban J connectivity index is 2.70. The predicted molar refractivity (Wildman–Crippen MR) is 70.6 cm³/mol. The van der Waals surface area contributed by atoms with Crippen LogP contribution in [0.1, 0.15) is 25.0 Å². The molecule has 0 radical (unpaired) electrons. The number of hydrogen-bond donors (Lipinski definition) is 1. The molecule has 1 N–H and O–H groups in total. The second kappa shape index (κ2) is 5.10. The maximum absolute atomic E-state index is 14.0. The third-order valence-corrected chi connectivity index (χ3v) is 3.40. The van der Waals surface area contributed by atoms with Gasteiger partial charge in [-0.15, -0.1) is 0 Å². The fraction of sp³-hybridized carbons (Fsp3) is 0.250. The summed E-state index contributed by atoms with van der Waals surface area (Å²) in [4.78, 5) is 0. The lowest BCUT2D eigenvalue weighted by Gasteiger charge is -2.33. The zero-order valence-corrected chi connectivity index (χ0v) is 10.9. The van der Waals surface area contributed by atoms with Gasteiger partial charge in [-0.25, -0.2) is 8.78 Å². The summed E-state index contributed by atoms with van der Waals surface area (Å²) in [5, 5.41) is 10.9. The number of halogens is 2. The van der Waals surface area contributed by atoms with Gasteiger partial charge >= 0.3 is 0 Å². The molecule has 0 aliphatic carbocycles. The summed E-state index contributed by atoms with van der Waals surface area (Å²) in [6.07, 6.45) is 0. The van der Waals surface area contributed by atoms with Crippen LogP contribution in [0, 0.1) is 17.6 Å². The third kappa shape index (κ3) is 2.26. The molecule has 0 heterocycles. The minimum atomic E-state index is -1.68.